The molecule has 0 radical (unpaired) electrons. The van der Waals surface area contributed by atoms with E-state index < -0.39 is 4.92 Å². The van der Waals surface area contributed by atoms with Crippen LogP contribution in [0.4, 0.5) is 17.1 Å². The van der Waals surface area contributed by atoms with Crippen molar-refractivity contribution in [1.29, 1.82) is 0 Å². The number of rotatable bonds is 2. The standard InChI is InChI=1S/C20H14N2O3S/c1-13-12-14(10-11-15(13)22(24)25)20(23)21-16-6-2-4-8-18(16)26-19-9-5-3-7-17(19)21/h2-12H,1H3. The highest BCUT2D eigenvalue weighted by Gasteiger charge is 2.29. The van der Waals surface area contributed by atoms with Gasteiger partial charge in [-0.25, -0.2) is 0 Å². The van der Waals surface area contributed by atoms with Crippen LogP contribution in [0.1, 0.15) is 15.9 Å². The zero-order chi connectivity index (χ0) is 18.3. The third-order valence-corrected chi connectivity index (χ3v) is 5.41. The first-order chi connectivity index (χ1) is 12.6. The lowest BCUT2D eigenvalue weighted by molar-refractivity contribution is -0.385. The van der Waals surface area contributed by atoms with Crippen molar-refractivity contribution in [2.24, 2.45) is 0 Å². The number of para-hydroxylation sites is 2. The van der Waals surface area contributed by atoms with Gasteiger partial charge in [-0.15, -0.1) is 0 Å². The molecule has 0 atom stereocenters. The van der Waals surface area contributed by atoms with Gasteiger partial charge in [0.1, 0.15) is 0 Å². The van der Waals surface area contributed by atoms with Crippen LogP contribution in [0.2, 0.25) is 0 Å². The second-order valence-electron chi connectivity index (χ2n) is 5.94. The minimum atomic E-state index is -0.439. The highest BCUT2D eigenvalue weighted by molar-refractivity contribution is 7.99. The Labute approximate surface area is 154 Å². The second-order valence-corrected chi connectivity index (χ2v) is 7.02. The van der Waals surface area contributed by atoms with Crippen LogP contribution in [-0.4, -0.2) is 10.8 Å². The van der Waals surface area contributed by atoms with E-state index in [0.29, 0.717) is 11.1 Å². The van der Waals surface area contributed by atoms with Gasteiger partial charge in [0, 0.05) is 27.0 Å². The monoisotopic (exact) mass is 362 g/mol. The number of carbonyl (C=O) groups is 1. The first kappa shape index (κ1) is 16.4. The molecule has 26 heavy (non-hydrogen) atoms. The molecule has 0 N–H and O–H groups in total. The number of nitrogens with zero attached hydrogens (tertiary/aromatic N) is 2. The maximum atomic E-state index is 13.3. The van der Waals surface area contributed by atoms with Crippen molar-refractivity contribution in [1.82, 2.24) is 0 Å². The van der Waals surface area contributed by atoms with Crippen LogP contribution in [-0.2, 0) is 0 Å². The minimum Gasteiger partial charge on any atom is -0.275 e. The zero-order valence-corrected chi connectivity index (χ0v) is 14.7. The minimum absolute atomic E-state index is 0.0107. The van der Waals surface area contributed by atoms with Gasteiger partial charge in [0.25, 0.3) is 11.6 Å². The number of benzene rings is 3. The van der Waals surface area contributed by atoms with E-state index in [9.17, 15) is 14.9 Å². The van der Waals surface area contributed by atoms with Crippen LogP contribution < -0.4 is 4.90 Å². The van der Waals surface area contributed by atoms with Crippen LogP contribution in [0.25, 0.3) is 0 Å². The third kappa shape index (κ3) is 2.64. The number of amides is 1. The lowest BCUT2D eigenvalue weighted by Gasteiger charge is -2.31. The Kier molecular flexibility index (Phi) is 3.97. The van der Waals surface area contributed by atoms with Crippen molar-refractivity contribution in [2.45, 2.75) is 16.7 Å². The van der Waals surface area contributed by atoms with Gasteiger partial charge in [0.05, 0.1) is 16.3 Å². The summed E-state index contributed by atoms with van der Waals surface area (Å²) in [6, 6.07) is 19.9. The van der Waals surface area contributed by atoms with Crippen molar-refractivity contribution < 1.29 is 9.72 Å². The van der Waals surface area contributed by atoms with E-state index in [4.69, 9.17) is 0 Å². The average Bonchev–Trinajstić information content (AvgIpc) is 2.65. The van der Waals surface area contributed by atoms with Crippen molar-refractivity contribution in [3.05, 3.63) is 88.0 Å². The van der Waals surface area contributed by atoms with E-state index in [1.807, 2.05) is 48.5 Å². The Balaban J connectivity index is 1.84. The molecule has 128 valence electrons. The molecule has 0 aromatic heterocycles. The van der Waals surface area contributed by atoms with E-state index in [-0.39, 0.29) is 11.6 Å². The molecule has 0 fully saturated rings. The summed E-state index contributed by atoms with van der Waals surface area (Å²) in [4.78, 5) is 27.6. The molecule has 1 aliphatic heterocycles. The molecule has 0 aliphatic carbocycles. The first-order valence-electron chi connectivity index (χ1n) is 8.01. The van der Waals surface area contributed by atoms with Gasteiger partial charge in [-0.05, 0) is 43.3 Å². The quantitative estimate of drug-likeness (QED) is 0.455. The smallest absolute Gasteiger partial charge is 0.272 e. The number of nitro groups is 1. The summed E-state index contributed by atoms with van der Waals surface area (Å²) < 4.78 is 0. The number of carbonyl (C=O) groups excluding carboxylic acids is 1. The number of nitro benzene ring substituents is 1. The average molecular weight is 362 g/mol. The summed E-state index contributed by atoms with van der Waals surface area (Å²) >= 11 is 1.63. The van der Waals surface area contributed by atoms with Crippen molar-refractivity contribution >= 4 is 34.7 Å². The van der Waals surface area contributed by atoms with Gasteiger partial charge >= 0.3 is 0 Å². The summed E-state index contributed by atoms with van der Waals surface area (Å²) in [6.45, 7) is 1.64. The van der Waals surface area contributed by atoms with Crippen LogP contribution in [0.5, 0.6) is 0 Å². The predicted octanol–water partition coefficient (Wildman–Crippen LogP) is 5.35. The van der Waals surface area contributed by atoms with Gasteiger partial charge in [-0.2, -0.15) is 0 Å². The van der Waals surface area contributed by atoms with E-state index in [0.717, 1.165) is 21.2 Å². The summed E-state index contributed by atoms with van der Waals surface area (Å²) in [5, 5.41) is 11.0. The Bertz CT molecular complexity index is 1000. The maximum Gasteiger partial charge on any atom is 0.272 e. The van der Waals surface area contributed by atoms with Crippen LogP contribution in [0.15, 0.2) is 76.5 Å². The van der Waals surface area contributed by atoms with Crippen molar-refractivity contribution in [2.75, 3.05) is 4.90 Å². The zero-order valence-electron chi connectivity index (χ0n) is 13.9. The Morgan fingerprint density at radius 2 is 1.54 bits per heavy atom. The molecule has 1 aliphatic rings. The fraction of sp³-hybridized carbons (Fsp3) is 0.0500. The number of aryl methyl sites for hydroxylation is 1. The number of anilines is 2. The Morgan fingerprint density at radius 3 is 2.08 bits per heavy atom. The van der Waals surface area contributed by atoms with Gasteiger partial charge in [-0.3, -0.25) is 19.8 Å². The number of hydrogen-bond acceptors (Lipinski definition) is 4. The van der Waals surface area contributed by atoms with Crippen molar-refractivity contribution in [3.63, 3.8) is 0 Å². The van der Waals surface area contributed by atoms with Gasteiger partial charge in [-0.1, -0.05) is 36.0 Å². The molecule has 5 nitrogen and oxygen atoms in total. The van der Waals surface area contributed by atoms with Gasteiger partial charge in [0.15, 0.2) is 0 Å². The maximum absolute atomic E-state index is 13.3. The highest BCUT2D eigenvalue weighted by Crippen LogP contribution is 2.48. The Morgan fingerprint density at radius 1 is 0.962 bits per heavy atom. The van der Waals surface area contributed by atoms with Crippen LogP contribution in [0.3, 0.4) is 0 Å². The number of hydrogen-bond donors (Lipinski definition) is 0. The van der Waals surface area contributed by atoms with Crippen LogP contribution in [0, 0.1) is 17.0 Å². The topological polar surface area (TPSA) is 63.5 Å². The number of fused-ring (bicyclic) bond motifs is 2. The van der Waals surface area contributed by atoms with Crippen molar-refractivity contribution in [3.8, 4) is 0 Å². The summed E-state index contributed by atoms with van der Waals surface area (Å²) in [6.07, 6.45) is 0. The Hall–Kier alpha value is -3.12. The molecule has 0 saturated heterocycles. The predicted molar refractivity (Wildman–Crippen MR) is 101 cm³/mol. The molecule has 0 bridgehead atoms. The van der Waals surface area contributed by atoms with Gasteiger partial charge < -0.3 is 0 Å². The fourth-order valence-electron chi connectivity index (χ4n) is 3.05. The molecule has 0 spiro atoms. The third-order valence-electron chi connectivity index (χ3n) is 4.28. The molecule has 0 saturated carbocycles. The molecule has 6 heteroatoms. The molecular weight excluding hydrogens is 348 g/mol. The lowest BCUT2D eigenvalue weighted by atomic mass is 10.1. The highest BCUT2D eigenvalue weighted by atomic mass is 32.2. The first-order valence-corrected chi connectivity index (χ1v) is 8.83. The molecule has 1 amide bonds. The summed E-state index contributed by atoms with van der Waals surface area (Å²) in [5.41, 5.74) is 2.53. The molecule has 1 heterocycles. The molecule has 3 aromatic rings. The molecular formula is C20H14N2O3S. The van der Waals surface area contributed by atoms with E-state index >= 15 is 0 Å². The SMILES string of the molecule is Cc1cc(C(=O)N2c3ccccc3Sc3ccccc32)ccc1[N+](=O)[O-]. The molecule has 4 rings (SSSR count). The second kappa shape index (κ2) is 6.31. The fourth-order valence-corrected chi connectivity index (χ4v) is 4.10. The molecule has 3 aromatic carbocycles. The van der Waals surface area contributed by atoms with E-state index in [1.165, 1.54) is 12.1 Å². The van der Waals surface area contributed by atoms with Gasteiger partial charge in [0.2, 0.25) is 0 Å². The summed E-state index contributed by atoms with van der Waals surface area (Å²) in [5.74, 6) is -0.205. The molecule has 0 unspecified atom stereocenters. The largest absolute Gasteiger partial charge is 0.275 e. The summed E-state index contributed by atoms with van der Waals surface area (Å²) in [7, 11) is 0. The lowest BCUT2D eigenvalue weighted by Crippen LogP contribution is -2.28. The van der Waals surface area contributed by atoms with Crippen LogP contribution >= 0.6 is 11.8 Å². The van der Waals surface area contributed by atoms with E-state index in [2.05, 4.69) is 0 Å². The van der Waals surface area contributed by atoms with E-state index in [1.54, 1.807) is 29.7 Å². The normalized spacial score (nSPS) is 12.3.